The number of ketones is 1. The van der Waals surface area contributed by atoms with Crippen molar-refractivity contribution in [1.29, 1.82) is 0 Å². The van der Waals surface area contributed by atoms with E-state index >= 15 is 0 Å². The van der Waals surface area contributed by atoms with Crippen LogP contribution in [0.2, 0.25) is 0 Å². The predicted molar refractivity (Wildman–Crippen MR) is 114 cm³/mol. The number of hydrogen-bond acceptors (Lipinski definition) is 6. The third-order valence-electron chi connectivity index (χ3n) is 5.46. The Morgan fingerprint density at radius 2 is 1.87 bits per heavy atom. The second-order valence-electron chi connectivity index (χ2n) is 7.03. The normalized spacial score (nSPS) is 18.3. The molecule has 158 valence electrons. The van der Waals surface area contributed by atoms with E-state index in [1.54, 1.807) is 49.8 Å². The third kappa shape index (κ3) is 4.21. The number of likely N-dealkylation sites (tertiary alicyclic amines) is 1. The maximum Gasteiger partial charge on any atom is 0.295 e. The van der Waals surface area contributed by atoms with Gasteiger partial charge in [-0.2, -0.15) is 0 Å². The Balaban J connectivity index is 2.05. The van der Waals surface area contributed by atoms with Crippen molar-refractivity contribution in [3.8, 4) is 5.75 Å². The number of carbonyl (C=O) groups is 2. The number of carbonyl (C=O) groups excluding carboxylic acids is 2. The van der Waals surface area contributed by atoms with Crippen LogP contribution in [0.3, 0.4) is 0 Å². The van der Waals surface area contributed by atoms with Gasteiger partial charge in [0.15, 0.2) is 0 Å². The summed E-state index contributed by atoms with van der Waals surface area (Å²) < 4.78 is 5.16. The van der Waals surface area contributed by atoms with E-state index in [2.05, 4.69) is 23.7 Å². The summed E-state index contributed by atoms with van der Waals surface area (Å²) in [6, 6.07) is 9.61. The number of likely N-dealkylation sites (N-methyl/N-ethyl adjacent to an activating group) is 1. The topological polar surface area (TPSA) is 83.0 Å². The fourth-order valence-corrected chi connectivity index (χ4v) is 3.69. The molecule has 30 heavy (non-hydrogen) atoms. The van der Waals surface area contributed by atoms with Crippen LogP contribution in [0.15, 0.2) is 54.4 Å². The van der Waals surface area contributed by atoms with E-state index in [1.807, 2.05) is 6.07 Å². The van der Waals surface area contributed by atoms with Crippen molar-refractivity contribution in [2.24, 2.45) is 0 Å². The van der Waals surface area contributed by atoms with Gasteiger partial charge in [-0.25, -0.2) is 0 Å². The smallest absolute Gasteiger partial charge is 0.295 e. The molecular weight excluding hydrogens is 382 g/mol. The number of nitrogens with zero attached hydrogens (tertiary/aromatic N) is 3. The Morgan fingerprint density at radius 1 is 1.17 bits per heavy atom. The number of aliphatic hydroxyl groups is 1. The Hall–Kier alpha value is -3.19. The van der Waals surface area contributed by atoms with Crippen LogP contribution in [0.4, 0.5) is 0 Å². The van der Waals surface area contributed by atoms with E-state index in [-0.39, 0.29) is 11.3 Å². The molecule has 7 nitrogen and oxygen atoms in total. The molecule has 1 aliphatic rings. The second-order valence-corrected chi connectivity index (χ2v) is 7.03. The summed E-state index contributed by atoms with van der Waals surface area (Å²) in [5, 5.41) is 11.0. The molecule has 3 rings (SSSR count). The van der Waals surface area contributed by atoms with Gasteiger partial charge < -0.3 is 19.6 Å². The van der Waals surface area contributed by atoms with Gasteiger partial charge in [0.25, 0.3) is 11.7 Å². The summed E-state index contributed by atoms with van der Waals surface area (Å²) in [6.45, 7) is 6.83. The standard InChI is InChI=1S/C23H27N3O4/c1-4-25(5-2)13-14-26-20(17-7-6-12-24-15-17)19(22(28)23(26)29)21(27)16-8-10-18(30-3)11-9-16/h6-12,15,20,27H,4-5,13-14H2,1-3H3/b21-19+/t20-/m0/s1. The van der Waals surface area contributed by atoms with E-state index in [0.717, 1.165) is 13.1 Å². The van der Waals surface area contributed by atoms with E-state index in [1.165, 1.54) is 4.90 Å². The maximum absolute atomic E-state index is 13.0. The van der Waals surface area contributed by atoms with Crippen molar-refractivity contribution in [3.63, 3.8) is 0 Å². The first-order valence-electron chi connectivity index (χ1n) is 10.1. The molecule has 1 atom stereocenters. The summed E-state index contributed by atoms with van der Waals surface area (Å²) in [4.78, 5) is 33.7. The summed E-state index contributed by atoms with van der Waals surface area (Å²) in [6.07, 6.45) is 3.26. The van der Waals surface area contributed by atoms with Gasteiger partial charge in [0.1, 0.15) is 11.5 Å². The van der Waals surface area contributed by atoms with Crippen molar-refractivity contribution in [2.75, 3.05) is 33.3 Å². The van der Waals surface area contributed by atoms with E-state index < -0.39 is 17.7 Å². The molecule has 2 heterocycles. The average Bonchev–Trinajstić information content (AvgIpc) is 3.05. The Bertz CT molecular complexity index is 921. The van der Waals surface area contributed by atoms with Crippen LogP contribution in [-0.2, 0) is 9.59 Å². The van der Waals surface area contributed by atoms with Crippen molar-refractivity contribution < 1.29 is 19.4 Å². The van der Waals surface area contributed by atoms with Gasteiger partial charge in [0, 0.05) is 31.0 Å². The first-order valence-corrected chi connectivity index (χ1v) is 10.1. The molecule has 1 amide bonds. The Morgan fingerprint density at radius 3 is 2.43 bits per heavy atom. The second kappa shape index (κ2) is 9.54. The van der Waals surface area contributed by atoms with E-state index in [0.29, 0.717) is 30.0 Å². The molecule has 1 aliphatic heterocycles. The number of ether oxygens (including phenoxy) is 1. The number of hydrogen-bond donors (Lipinski definition) is 1. The zero-order valence-electron chi connectivity index (χ0n) is 17.5. The molecule has 0 radical (unpaired) electrons. The number of benzene rings is 1. The SMILES string of the molecule is CCN(CC)CCN1C(=O)C(=O)/C(=C(/O)c2ccc(OC)cc2)[C@@H]1c1cccnc1. The zero-order valence-corrected chi connectivity index (χ0v) is 17.5. The lowest BCUT2D eigenvalue weighted by Gasteiger charge is -2.28. The number of methoxy groups -OCH3 is 1. The highest BCUT2D eigenvalue weighted by molar-refractivity contribution is 6.46. The lowest BCUT2D eigenvalue weighted by atomic mass is 9.96. The van der Waals surface area contributed by atoms with Crippen LogP contribution < -0.4 is 4.74 Å². The van der Waals surface area contributed by atoms with E-state index in [4.69, 9.17) is 4.74 Å². The van der Waals surface area contributed by atoms with Crippen LogP contribution in [0, 0.1) is 0 Å². The molecule has 1 N–H and O–H groups in total. The van der Waals surface area contributed by atoms with Gasteiger partial charge in [-0.15, -0.1) is 0 Å². The summed E-state index contributed by atoms with van der Waals surface area (Å²) in [5.41, 5.74) is 1.22. The van der Waals surface area contributed by atoms with Crippen molar-refractivity contribution in [3.05, 3.63) is 65.5 Å². The van der Waals surface area contributed by atoms with Crippen molar-refractivity contribution in [2.45, 2.75) is 19.9 Å². The molecule has 1 aromatic carbocycles. The molecule has 1 fully saturated rings. The lowest BCUT2D eigenvalue weighted by Crippen LogP contribution is -2.38. The van der Waals surface area contributed by atoms with Gasteiger partial charge >= 0.3 is 0 Å². The number of amides is 1. The average molecular weight is 409 g/mol. The molecule has 1 saturated heterocycles. The zero-order chi connectivity index (χ0) is 21.7. The summed E-state index contributed by atoms with van der Waals surface area (Å²) >= 11 is 0. The Labute approximate surface area is 176 Å². The quantitative estimate of drug-likeness (QED) is 0.410. The molecule has 0 unspecified atom stereocenters. The fraction of sp³-hybridized carbons (Fsp3) is 0.348. The van der Waals surface area contributed by atoms with Crippen LogP contribution in [0.5, 0.6) is 5.75 Å². The van der Waals surface area contributed by atoms with Gasteiger partial charge in [-0.1, -0.05) is 19.9 Å². The molecule has 2 aromatic rings. The number of pyridine rings is 1. The van der Waals surface area contributed by atoms with Gasteiger partial charge in [0.05, 0.1) is 18.7 Å². The highest BCUT2D eigenvalue weighted by atomic mass is 16.5. The molecular formula is C23H27N3O4. The first kappa shape index (κ1) is 21.5. The monoisotopic (exact) mass is 409 g/mol. The predicted octanol–water partition coefficient (Wildman–Crippen LogP) is 2.85. The highest BCUT2D eigenvalue weighted by Gasteiger charge is 2.46. The number of aliphatic hydroxyl groups excluding tert-OH is 1. The minimum Gasteiger partial charge on any atom is -0.507 e. The van der Waals surface area contributed by atoms with Crippen LogP contribution in [-0.4, -0.2) is 64.9 Å². The molecule has 0 saturated carbocycles. The number of aromatic nitrogens is 1. The minimum atomic E-state index is -0.684. The van der Waals surface area contributed by atoms with Crippen LogP contribution in [0.25, 0.3) is 5.76 Å². The number of rotatable bonds is 8. The minimum absolute atomic E-state index is 0.0812. The molecule has 0 bridgehead atoms. The van der Waals surface area contributed by atoms with Crippen molar-refractivity contribution >= 4 is 17.4 Å². The number of Topliss-reactive ketones (excluding diaryl/α,β-unsaturated/α-hetero) is 1. The van der Waals surface area contributed by atoms with Gasteiger partial charge in [0.2, 0.25) is 0 Å². The molecule has 7 heteroatoms. The molecule has 0 spiro atoms. The fourth-order valence-electron chi connectivity index (χ4n) is 3.69. The van der Waals surface area contributed by atoms with Crippen LogP contribution in [0.1, 0.15) is 31.0 Å². The molecule has 0 aliphatic carbocycles. The lowest BCUT2D eigenvalue weighted by molar-refractivity contribution is -0.140. The molecule has 1 aromatic heterocycles. The summed E-state index contributed by atoms with van der Waals surface area (Å²) in [7, 11) is 1.55. The van der Waals surface area contributed by atoms with Gasteiger partial charge in [-0.05, 0) is 49.0 Å². The highest BCUT2D eigenvalue weighted by Crippen LogP contribution is 2.39. The largest absolute Gasteiger partial charge is 0.507 e. The third-order valence-corrected chi connectivity index (χ3v) is 5.46. The van der Waals surface area contributed by atoms with Crippen molar-refractivity contribution in [1.82, 2.24) is 14.8 Å². The van der Waals surface area contributed by atoms with Gasteiger partial charge in [-0.3, -0.25) is 14.6 Å². The summed E-state index contributed by atoms with van der Waals surface area (Å²) in [5.74, 6) is -0.854. The Kier molecular flexibility index (Phi) is 6.84. The first-order chi connectivity index (χ1) is 14.5. The maximum atomic E-state index is 13.0. The van der Waals surface area contributed by atoms with E-state index in [9.17, 15) is 14.7 Å². The van der Waals surface area contributed by atoms with Crippen LogP contribution >= 0.6 is 0 Å².